The van der Waals surface area contributed by atoms with E-state index in [0.717, 1.165) is 0 Å². The van der Waals surface area contributed by atoms with E-state index in [9.17, 15) is 14.0 Å². The molecule has 1 aliphatic rings. The maximum atomic E-state index is 13.9. The predicted molar refractivity (Wildman–Crippen MR) is 122 cm³/mol. The van der Waals surface area contributed by atoms with Gasteiger partial charge in [0.05, 0.1) is 25.9 Å². The molecule has 0 aliphatic carbocycles. The van der Waals surface area contributed by atoms with E-state index in [0.29, 0.717) is 54.7 Å². The number of anilines is 1. The van der Waals surface area contributed by atoms with Crippen molar-refractivity contribution in [2.75, 3.05) is 58.7 Å². The van der Waals surface area contributed by atoms with Crippen LogP contribution < -0.4 is 10.1 Å². The summed E-state index contributed by atoms with van der Waals surface area (Å²) < 4.78 is 19.1. The molecule has 0 spiro atoms. The number of nitrogens with one attached hydrogen (secondary N) is 1. The molecule has 0 radical (unpaired) electrons. The Morgan fingerprint density at radius 3 is 2.53 bits per heavy atom. The molecule has 0 atom stereocenters. The highest BCUT2D eigenvalue weighted by molar-refractivity contribution is 6.31. The van der Waals surface area contributed by atoms with E-state index >= 15 is 0 Å². The van der Waals surface area contributed by atoms with Crippen LogP contribution in [-0.4, -0.2) is 79.9 Å². The first-order valence-electron chi connectivity index (χ1n) is 10.4. The number of rotatable bonds is 8. The lowest BCUT2D eigenvalue weighted by atomic mass is 10.2. The van der Waals surface area contributed by atoms with Crippen LogP contribution in [0.15, 0.2) is 42.5 Å². The van der Waals surface area contributed by atoms with E-state index in [-0.39, 0.29) is 30.7 Å². The second-order valence-electron chi connectivity index (χ2n) is 7.81. The Hall–Kier alpha value is -2.68. The van der Waals surface area contributed by atoms with Crippen LogP contribution in [0.3, 0.4) is 0 Å². The lowest BCUT2D eigenvalue weighted by Gasteiger charge is -2.35. The largest absolute Gasteiger partial charge is 0.495 e. The lowest BCUT2D eigenvalue weighted by molar-refractivity contribution is -0.134. The van der Waals surface area contributed by atoms with Gasteiger partial charge in [0.1, 0.15) is 11.6 Å². The number of benzene rings is 2. The lowest BCUT2D eigenvalue weighted by Crippen LogP contribution is -2.51. The Morgan fingerprint density at radius 2 is 1.84 bits per heavy atom. The number of hydrogen-bond donors (Lipinski definition) is 1. The minimum Gasteiger partial charge on any atom is -0.495 e. The highest BCUT2D eigenvalue weighted by Gasteiger charge is 2.23. The molecule has 2 aromatic rings. The monoisotopic (exact) mass is 462 g/mol. The van der Waals surface area contributed by atoms with Crippen molar-refractivity contribution in [3.05, 3.63) is 58.9 Å². The number of nitrogens with zero attached hydrogens (tertiary/aromatic N) is 3. The Balaban J connectivity index is 1.43. The fourth-order valence-electron chi connectivity index (χ4n) is 3.62. The Morgan fingerprint density at radius 1 is 1.12 bits per heavy atom. The summed E-state index contributed by atoms with van der Waals surface area (Å²) in [4.78, 5) is 30.6. The third-order valence-corrected chi connectivity index (χ3v) is 5.57. The second kappa shape index (κ2) is 11.3. The summed E-state index contributed by atoms with van der Waals surface area (Å²) in [6, 6.07) is 11.7. The number of hydrogen-bond acceptors (Lipinski definition) is 5. The quantitative estimate of drug-likeness (QED) is 0.653. The molecule has 7 nitrogen and oxygen atoms in total. The number of halogens is 2. The van der Waals surface area contributed by atoms with Crippen molar-refractivity contribution in [2.45, 2.75) is 6.54 Å². The molecule has 3 rings (SSSR count). The number of piperazine rings is 1. The zero-order valence-electron chi connectivity index (χ0n) is 18.3. The zero-order chi connectivity index (χ0) is 23.1. The maximum Gasteiger partial charge on any atom is 0.238 e. The highest BCUT2D eigenvalue weighted by Crippen LogP contribution is 2.27. The first kappa shape index (κ1) is 24.0. The van der Waals surface area contributed by atoms with Gasteiger partial charge in [0.2, 0.25) is 11.8 Å². The molecule has 9 heteroatoms. The first-order chi connectivity index (χ1) is 15.4. The molecule has 172 valence electrons. The minimum atomic E-state index is -0.268. The molecule has 1 fully saturated rings. The van der Waals surface area contributed by atoms with Crippen molar-refractivity contribution in [2.24, 2.45) is 0 Å². The summed E-state index contributed by atoms with van der Waals surface area (Å²) in [5, 5.41) is 3.25. The van der Waals surface area contributed by atoms with E-state index in [1.165, 1.54) is 13.2 Å². The maximum absolute atomic E-state index is 13.9. The Labute approximate surface area is 192 Å². The van der Waals surface area contributed by atoms with E-state index < -0.39 is 0 Å². The molecular weight excluding hydrogens is 435 g/mol. The first-order valence-corrected chi connectivity index (χ1v) is 10.8. The van der Waals surface area contributed by atoms with E-state index in [2.05, 4.69) is 10.2 Å². The van der Waals surface area contributed by atoms with Crippen molar-refractivity contribution < 1.29 is 18.7 Å². The van der Waals surface area contributed by atoms with Gasteiger partial charge in [-0.05, 0) is 31.3 Å². The third-order valence-electron chi connectivity index (χ3n) is 5.33. The van der Waals surface area contributed by atoms with Gasteiger partial charge in [-0.2, -0.15) is 0 Å². The molecule has 1 N–H and O–H groups in total. The molecule has 32 heavy (non-hydrogen) atoms. The van der Waals surface area contributed by atoms with Gasteiger partial charge in [0.15, 0.2) is 0 Å². The normalized spacial score (nSPS) is 14.5. The third kappa shape index (κ3) is 6.66. The summed E-state index contributed by atoms with van der Waals surface area (Å²) >= 11 is 5.99. The average Bonchev–Trinajstić information content (AvgIpc) is 2.76. The second-order valence-corrected chi connectivity index (χ2v) is 8.25. The van der Waals surface area contributed by atoms with Gasteiger partial charge in [-0.25, -0.2) is 4.39 Å². The van der Waals surface area contributed by atoms with E-state index in [1.54, 1.807) is 47.2 Å². The summed E-state index contributed by atoms with van der Waals surface area (Å²) in [5.41, 5.74) is 1.14. The molecule has 2 aromatic carbocycles. The SMILES string of the molecule is COc1ccc(Cl)cc1NC(=O)CN(C)CC(=O)N1CCN(Cc2ccccc2F)CC1. The molecule has 0 saturated carbocycles. The Kier molecular flexibility index (Phi) is 8.44. The van der Waals surface area contributed by atoms with Crippen molar-refractivity contribution in [1.82, 2.24) is 14.7 Å². The average molecular weight is 463 g/mol. The number of carbonyl (C=O) groups excluding carboxylic acids is 2. The summed E-state index contributed by atoms with van der Waals surface area (Å²) in [6.07, 6.45) is 0. The van der Waals surface area contributed by atoms with Gasteiger partial charge in [-0.1, -0.05) is 29.8 Å². The van der Waals surface area contributed by atoms with Gasteiger partial charge >= 0.3 is 0 Å². The van der Waals surface area contributed by atoms with Crippen molar-refractivity contribution in [3.8, 4) is 5.75 Å². The molecule has 1 saturated heterocycles. The summed E-state index contributed by atoms with van der Waals surface area (Å²) in [6.45, 7) is 3.22. The number of amides is 2. The fourth-order valence-corrected chi connectivity index (χ4v) is 3.79. The standard InChI is InChI=1S/C23H28ClFN4O3/c1-27(15-22(30)26-20-13-18(24)7-8-21(20)32-2)16-23(31)29-11-9-28(10-12-29)14-17-5-3-4-6-19(17)25/h3-8,13H,9-12,14-16H2,1-2H3,(H,26,30). The molecule has 0 unspecified atom stereocenters. The number of methoxy groups -OCH3 is 1. The van der Waals surface area contributed by atoms with Crippen molar-refractivity contribution in [1.29, 1.82) is 0 Å². The van der Waals surface area contributed by atoms with Crippen molar-refractivity contribution in [3.63, 3.8) is 0 Å². The van der Waals surface area contributed by atoms with Crippen LogP contribution in [0.5, 0.6) is 5.75 Å². The van der Waals surface area contributed by atoms with Gasteiger partial charge in [0.25, 0.3) is 0 Å². The van der Waals surface area contributed by atoms with Crippen LogP contribution in [-0.2, 0) is 16.1 Å². The summed E-state index contributed by atoms with van der Waals surface area (Å²) in [5.74, 6) is -0.00205. The fraction of sp³-hybridized carbons (Fsp3) is 0.391. The van der Waals surface area contributed by atoms with Crippen LogP contribution >= 0.6 is 11.6 Å². The zero-order valence-corrected chi connectivity index (χ0v) is 19.1. The van der Waals surface area contributed by atoms with Crippen LogP contribution in [0, 0.1) is 5.82 Å². The molecule has 0 aromatic heterocycles. The van der Waals surface area contributed by atoms with Gasteiger partial charge in [-0.3, -0.25) is 19.4 Å². The van der Waals surface area contributed by atoms with Gasteiger partial charge in [0, 0.05) is 43.3 Å². The molecule has 0 bridgehead atoms. The molecule has 1 heterocycles. The Bertz CT molecular complexity index is 951. The number of likely N-dealkylation sites (N-methyl/N-ethyl adjacent to an activating group) is 1. The van der Waals surface area contributed by atoms with Crippen LogP contribution in [0.2, 0.25) is 5.02 Å². The summed E-state index contributed by atoms with van der Waals surface area (Å²) in [7, 11) is 3.24. The smallest absolute Gasteiger partial charge is 0.238 e. The predicted octanol–water partition coefficient (Wildman–Crippen LogP) is 2.70. The highest BCUT2D eigenvalue weighted by atomic mass is 35.5. The van der Waals surface area contributed by atoms with Gasteiger partial charge < -0.3 is 15.0 Å². The van der Waals surface area contributed by atoms with Crippen LogP contribution in [0.1, 0.15) is 5.56 Å². The van der Waals surface area contributed by atoms with Crippen LogP contribution in [0.4, 0.5) is 10.1 Å². The van der Waals surface area contributed by atoms with E-state index in [1.807, 2.05) is 6.07 Å². The van der Waals surface area contributed by atoms with Crippen molar-refractivity contribution >= 4 is 29.1 Å². The minimum absolute atomic E-state index is 0.0359. The van der Waals surface area contributed by atoms with E-state index in [4.69, 9.17) is 16.3 Å². The topological polar surface area (TPSA) is 65.1 Å². The molecular formula is C23H28ClFN4O3. The van der Waals surface area contributed by atoms with Crippen LogP contribution in [0.25, 0.3) is 0 Å². The number of ether oxygens (including phenoxy) is 1. The molecule has 2 amide bonds. The van der Waals surface area contributed by atoms with Gasteiger partial charge in [-0.15, -0.1) is 0 Å². The number of carbonyl (C=O) groups is 2. The molecule has 1 aliphatic heterocycles.